The van der Waals surface area contributed by atoms with Crippen LogP contribution < -0.4 is 0 Å². The zero-order valence-corrected chi connectivity index (χ0v) is 20.5. The summed E-state index contributed by atoms with van der Waals surface area (Å²) in [4.78, 5) is 0. The van der Waals surface area contributed by atoms with E-state index in [0.717, 1.165) is 17.0 Å². The maximum atomic E-state index is 2.41. The van der Waals surface area contributed by atoms with E-state index in [2.05, 4.69) is 80.9 Å². The molecule has 0 nitrogen and oxygen atoms in total. The van der Waals surface area contributed by atoms with Crippen molar-refractivity contribution >= 4 is 47.3 Å². The van der Waals surface area contributed by atoms with Crippen molar-refractivity contribution in [3.63, 3.8) is 0 Å². The number of rotatable bonds is 3. The van der Waals surface area contributed by atoms with Crippen LogP contribution in [0, 0.1) is 0 Å². The van der Waals surface area contributed by atoms with E-state index in [9.17, 15) is 0 Å². The van der Waals surface area contributed by atoms with E-state index >= 15 is 0 Å². The second-order valence-corrected chi connectivity index (χ2v) is 27.5. The minimum Gasteiger partial charge on any atom is -0.0623 e. The molecule has 0 bridgehead atoms. The summed E-state index contributed by atoms with van der Waals surface area (Å²) in [6.45, 7) is 14.1. The Kier molecular flexibility index (Phi) is 19.5. The molecule has 0 aromatic heterocycles. The Labute approximate surface area is 151 Å². The third-order valence-electron chi connectivity index (χ3n) is 2.46. The van der Waals surface area contributed by atoms with Crippen molar-refractivity contribution in [3.8, 4) is 0 Å². The predicted molar refractivity (Wildman–Crippen MR) is 107 cm³/mol. The monoisotopic (exact) mass is 684 g/mol. The van der Waals surface area contributed by atoms with Crippen LogP contribution in [0.3, 0.4) is 0 Å². The van der Waals surface area contributed by atoms with Crippen molar-refractivity contribution in [3.05, 3.63) is 36.4 Å². The topological polar surface area (TPSA) is 0 Å². The molecule has 0 aliphatic rings. The van der Waals surface area contributed by atoms with Gasteiger partial charge in [-0.15, -0.1) is 0 Å². The van der Waals surface area contributed by atoms with Crippen LogP contribution in [0.4, 0.5) is 0 Å². The molecule has 0 fully saturated rings. The molecule has 19 heavy (non-hydrogen) atoms. The van der Waals surface area contributed by atoms with Crippen molar-refractivity contribution in [1.82, 2.24) is 0 Å². The molecule has 0 amide bonds. The molecule has 0 spiro atoms. The molecule has 0 aliphatic carbocycles. The zero-order chi connectivity index (χ0) is 15.3. The molecule has 1 rings (SSSR count). The Bertz CT molecular complexity index is 220. The summed E-state index contributed by atoms with van der Waals surface area (Å²) in [5.74, 6) is 0. The Balaban J connectivity index is 0. The van der Waals surface area contributed by atoms with Crippen molar-refractivity contribution < 1.29 is 10.3 Å². The summed E-state index contributed by atoms with van der Waals surface area (Å²) in [6.07, 6.45) is 0. The fourth-order valence-electron chi connectivity index (χ4n) is 2.17. The van der Waals surface area contributed by atoms with Gasteiger partial charge in [0, 0.05) is 0 Å². The van der Waals surface area contributed by atoms with Crippen LogP contribution in [0.2, 0.25) is 0 Å². The predicted octanol–water partition coefficient (Wildman–Crippen LogP) is 7.15. The summed E-state index contributed by atoms with van der Waals surface area (Å²) >= 11 is 4.83. The van der Waals surface area contributed by atoms with Crippen molar-refractivity contribution in [2.24, 2.45) is 0 Å². The Morgan fingerprint density at radius 3 is 0.842 bits per heavy atom. The summed E-state index contributed by atoms with van der Waals surface area (Å²) < 4.78 is 0. The first-order valence-electron chi connectivity index (χ1n) is 6.51. The minimum absolute atomic E-state index is 0.262. The summed E-state index contributed by atoms with van der Waals surface area (Å²) in [6, 6.07) is 12.0. The van der Waals surface area contributed by atoms with E-state index in [4.69, 9.17) is 0 Å². The van der Waals surface area contributed by atoms with Gasteiger partial charge in [0.15, 0.2) is 0 Å². The molecule has 0 heterocycles. The van der Waals surface area contributed by atoms with Crippen LogP contribution >= 0.6 is 47.3 Å². The summed E-state index contributed by atoms with van der Waals surface area (Å²) in [5.41, 5.74) is 2.69. The van der Waals surface area contributed by atoms with Crippen LogP contribution in [0.15, 0.2) is 36.4 Å². The Hall–Kier alpha value is 1.75. The van der Waals surface area contributed by atoms with Crippen LogP contribution in [-0.2, 0) is 10.3 Å². The van der Waals surface area contributed by atoms with Gasteiger partial charge in [-0.1, -0.05) is 85.9 Å². The largest absolute Gasteiger partial charge is 0.0623 e. The molecule has 0 saturated carbocycles. The Morgan fingerprint density at radius 2 is 0.789 bits per heavy atom. The molecule has 1 aromatic carbocycles. The SMILES string of the molecule is CC(C)P(C(C)C)C(C)C.[I][Os][I].c1ccccc1. The average molecular weight is 682 g/mol. The molecule has 4 heteroatoms. The van der Waals surface area contributed by atoms with Crippen molar-refractivity contribution in [1.29, 1.82) is 0 Å². The number of hydrogen-bond acceptors (Lipinski definition) is 0. The standard InChI is InChI=1S/C9H21P.C6H6.2HI.Os/c1-7(2)10(8(3)4)9(5)6;1-2-4-6-5-3-1;;;/h7-9H,1-6H3;1-6H;2*1H;/q;;;;+2/p-2. The van der Waals surface area contributed by atoms with E-state index in [1.54, 1.807) is 0 Å². The van der Waals surface area contributed by atoms with Crippen LogP contribution in [0.1, 0.15) is 41.5 Å². The van der Waals surface area contributed by atoms with Gasteiger partial charge in [0.2, 0.25) is 0 Å². The third-order valence-corrected chi connectivity index (χ3v) is 6.03. The van der Waals surface area contributed by atoms with Crippen LogP contribution in [0.25, 0.3) is 0 Å². The molecule has 0 aliphatic heterocycles. The van der Waals surface area contributed by atoms with Crippen LogP contribution in [-0.4, -0.2) is 17.0 Å². The van der Waals surface area contributed by atoms with Gasteiger partial charge in [-0.25, -0.2) is 0 Å². The minimum atomic E-state index is 0.262. The molecular formula is C15H27I2OsP. The zero-order valence-electron chi connectivity index (χ0n) is 12.8. The van der Waals surface area contributed by atoms with Gasteiger partial charge >= 0.3 is 49.7 Å². The molecule has 0 radical (unpaired) electrons. The van der Waals surface area contributed by atoms with Crippen LogP contribution in [0.5, 0.6) is 0 Å². The van der Waals surface area contributed by atoms with Gasteiger partial charge in [-0.3, -0.25) is 0 Å². The van der Waals surface area contributed by atoms with Gasteiger partial charge in [-0.05, 0) is 17.0 Å². The number of hydrogen-bond donors (Lipinski definition) is 0. The van der Waals surface area contributed by atoms with Crippen molar-refractivity contribution in [2.75, 3.05) is 0 Å². The summed E-state index contributed by atoms with van der Waals surface area (Å²) in [7, 11) is 0.619. The average Bonchev–Trinajstić information content (AvgIpc) is 2.31. The van der Waals surface area contributed by atoms with Gasteiger partial charge in [-0.2, -0.15) is 0 Å². The van der Waals surface area contributed by atoms with E-state index in [1.165, 1.54) is 0 Å². The fourth-order valence-corrected chi connectivity index (χ4v) is 5.75. The van der Waals surface area contributed by atoms with Gasteiger partial charge in [0.1, 0.15) is 0 Å². The quantitative estimate of drug-likeness (QED) is 0.235. The third kappa shape index (κ3) is 15.9. The van der Waals surface area contributed by atoms with E-state index < -0.39 is 0 Å². The first-order valence-corrected chi connectivity index (χ1v) is 22.5. The number of halogens is 2. The molecule has 0 unspecified atom stereocenters. The molecule has 114 valence electrons. The van der Waals surface area contributed by atoms with Crippen molar-refractivity contribution in [2.45, 2.75) is 58.5 Å². The van der Waals surface area contributed by atoms with Gasteiger partial charge in [0.25, 0.3) is 0 Å². The molecule has 0 atom stereocenters. The van der Waals surface area contributed by atoms with E-state index in [0.29, 0.717) is 10.3 Å². The fraction of sp³-hybridized carbons (Fsp3) is 0.600. The second kappa shape index (κ2) is 16.1. The molecule has 0 saturated heterocycles. The number of benzene rings is 1. The molecule has 0 N–H and O–H groups in total. The first kappa shape index (κ1) is 23.0. The Morgan fingerprint density at radius 1 is 0.632 bits per heavy atom. The van der Waals surface area contributed by atoms with Gasteiger partial charge < -0.3 is 0 Å². The normalized spacial score (nSPS) is 10.3. The van der Waals surface area contributed by atoms with Gasteiger partial charge in [0.05, 0.1) is 0 Å². The smallest absolute Gasteiger partial charge is 0.0623 e. The second-order valence-electron chi connectivity index (χ2n) is 4.93. The molecule has 1 aromatic rings. The first-order chi connectivity index (χ1) is 8.88. The summed E-state index contributed by atoms with van der Waals surface area (Å²) in [5, 5.41) is 0. The van der Waals surface area contributed by atoms with E-state index in [-0.39, 0.29) is 7.92 Å². The maximum absolute atomic E-state index is 2.41. The molecular weight excluding hydrogens is 655 g/mol. The maximum Gasteiger partial charge on any atom is -0.0623 e. The van der Waals surface area contributed by atoms with E-state index in [1.807, 2.05) is 36.4 Å².